The topological polar surface area (TPSA) is 30.7 Å². The molecule has 0 aliphatic rings. The van der Waals surface area contributed by atoms with E-state index in [0.29, 0.717) is 0 Å². The van der Waals surface area contributed by atoms with Crippen LogP contribution in [0.2, 0.25) is 0 Å². The Labute approximate surface area is 116 Å². The monoisotopic (exact) mass is 259 g/mol. The summed E-state index contributed by atoms with van der Waals surface area (Å²) in [6.07, 6.45) is 1.98. The molecule has 2 rings (SSSR count). The normalized spacial score (nSPS) is 10.8. The van der Waals surface area contributed by atoms with Gasteiger partial charge in [0, 0.05) is 12.1 Å². The number of nitrogens with zero attached hydrogens (tertiary/aromatic N) is 3. The lowest BCUT2D eigenvalue weighted by Gasteiger charge is -2.18. The molecule has 0 bridgehead atoms. The van der Waals surface area contributed by atoms with Gasteiger partial charge in [0.15, 0.2) is 0 Å². The predicted molar refractivity (Wildman–Crippen MR) is 81.2 cm³/mol. The van der Waals surface area contributed by atoms with E-state index in [4.69, 9.17) is 0 Å². The molecular formula is C16H25N3. The molecule has 1 heterocycles. The predicted octanol–water partition coefficient (Wildman–Crippen LogP) is 4.29. The first-order valence-electron chi connectivity index (χ1n) is 7.02. The summed E-state index contributed by atoms with van der Waals surface area (Å²) in [5.74, 6) is 0. The van der Waals surface area contributed by atoms with Gasteiger partial charge >= 0.3 is 0 Å². The lowest BCUT2D eigenvalue weighted by molar-refractivity contribution is 0.590. The molecule has 0 spiro atoms. The van der Waals surface area contributed by atoms with Gasteiger partial charge in [-0.3, -0.25) is 4.68 Å². The zero-order valence-corrected chi connectivity index (χ0v) is 12.9. The Kier molecular flexibility index (Phi) is 5.28. The second-order valence-corrected chi connectivity index (χ2v) is 5.29. The van der Waals surface area contributed by atoms with Crippen molar-refractivity contribution in [1.82, 2.24) is 15.0 Å². The van der Waals surface area contributed by atoms with Crippen LogP contribution in [0.25, 0.3) is 11.3 Å². The van der Waals surface area contributed by atoms with Crippen molar-refractivity contribution in [3.05, 3.63) is 36.0 Å². The Balaban J connectivity index is 0.000000861. The minimum absolute atomic E-state index is 0.194. The lowest BCUT2D eigenvalue weighted by Crippen LogP contribution is -2.10. The van der Waals surface area contributed by atoms with Gasteiger partial charge in [0.05, 0.1) is 6.20 Å². The Hall–Kier alpha value is -1.64. The van der Waals surface area contributed by atoms with Crippen LogP contribution in [-0.2, 0) is 12.0 Å². The van der Waals surface area contributed by atoms with Gasteiger partial charge in [0.25, 0.3) is 0 Å². The van der Waals surface area contributed by atoms with Crippen molar-refractivity contribution in [2.45, 2.75) is 53.5 Å². The van der Waals surface area contributed by atoms with Gasteiger partial charge in [-0.05, 0) is 17.9 Å². The fourth-order valence-electron chi connectivity index (χ4n) is 1.73. The van der Waals surface area contributed by atoms with Gasteiger partial charge in [-0.2, -0.15) is 0 Å². The molecule has 0 N–H and O–H groups in total. The highest BCUT2D eigenvalue weighted by atomic mass is 15.4. The summed E-state index contributed by atoms with van der Waals surface area (Å²) in [6.45, 7) is 13.6. The van der Waals surface area contributed by atoms with E-state index >= 15 is 0 Å². The van der Waals surface area contributed by atoms with Gasteiger partial charge in [-0.15, -0.1) is 5.10 Å². The van der Waals surface area contributed by atoms with Gasteiger partial charge in [-0.1, -0.05) is 64.1 Å². The maximum atomic E-state index is 4.16. The molecule has 0 saturated heterocycles. The fourth-order valence-corrected chi connectivity index (χ4v) is 1.73. The number of hydrogen-bond acceptors (Lipinski definition) is 2. The molecule has 3 nitrogen and oxygen atoms in total. The van der Waals surface area contributed by atoms with Crippen LogP contribution in [0, 0.1) is 0 Å². The number of aryl methyl sites for hydroxylation is 1. The molecule has 0 atom stereocenters. The Morgan fingerprint density at radius 3 is 2.05 bits per heavy atom. The van der Waals surface area contributed by atoms with E-state index < -0.39 is 0 Å². The molecule has 0 fully saturated rings. The van der Waals surface area contributed by atoms with Crippen LogP contribution in [0.4, 0.5) is 0 Å². The van der Waals surface area contributed by atoms with Crippen LogP contribution < -0.4 is 0 Å². The second kappa shape index (κ2) is 6.50. The average molecular weight is 259 g/mol. The van der Waals surface area contributed by atoms with Crippen molar-refractivity contribution in [1.29, 1.82) is 0 Å². The SMILES string of the molecule is CC.CCn1cc(-c2ccc(C(C)(C)C)cc2)nn1. The molecule has 3 heteroatoms. The average Bonchev–Trinajstić information content (AvgIpc) is 2.89. The lowest BCUT2D eigenvalue weighted by atomic mass is 9.86. The van der Waals surface area contributed by atoms with Crippen molar-refractivity contribution >= 4 is 0 Å². The minimum atomic E-state index is 0.194. The number of hydrogen-bond donors (Lipinski definition) is 0. The molecule has 1 aromatic carbocycles. The first-order chi connectivity index (χ1) is 9.00. The van der Waals surface area contributed by atoms with E-state index in [1.165, 1.54) is 5.56 Å². The third-order valence-electron chi connectivity index (χ3n) is 2.91. The van der Waals surface area contributed by atoms with E-state index in [1.807, 2.05) is 24.7 Å². The summed E-state index contributed by atoms with van der Waals surface area (Å²) in [4.78, 5) is 0. The van der Waals surface area contributed by atoms with E-state index in [0.717, 1.165) is 17.8 Å². The highest BCUT2D eigenvalue weighted by molar-refractivity contribution is 5.58. The van der Waals surface area contributed by atoms with Crippen molar-refractivity contribution in [2.75, 3.05) is 0 Å². The van der Waals surface area contributed by atoms with E-state index in [9.17, 15) is 0 Å². The van der Waals surface area contributed by atoms with Crippen molar-refractivity contribution < 1.29 is 0 Å². The molecule has 104 valence electrons. The zero-order chi connectivity index (χ0) is 14.5. The molecule has 1 aromatic heterocycles. The largest absolute Gasteiger partial charge is 0.252 e. The van der Waals surface area contributed by atoms with Gasteiger partial charge in [0.2, 0.25) is 0 Å². The van der Waals surface area contributed by atoms with Crippen LogP contribution in [0.5, 0.6) is 0 Å². The van der Waals surface area contributed by atoms with Crippen molar-refractivity contribution in [3.63, 3.8) is 0 Å². The summed E-state index contributed by atoms with van der Waals surface area (Å²) in [6, 6.07) is 8.57. The van der Waals surface area contributed by atoms with Crippen LogP contribution in [0.1, 0.15) is 47.1 Å². The number of benzene rings is 1. The van der Waals surface area contributed by atoms with Crippen molar-refractivity contribution in [2.24, 2.45) is 0 Å². The second-order valence-electron chi connectivity index (χ2n) is 5.29. The molecule has 0 saturated carbocycles. The highest BCUT2D eigenvalue weighted by Crippen LogP contribution is 2.24. The minimum Gasteiger partial charge on any atom is -0.252 e. The molecule has 19 heavy (non-hydrogen) atoms. The van der Waals surface area contributed by atoms with Crippen molar-refractivity contribution in [3.8, 4) is 11.3 Å². The summed E-state index contributed by atoms with van der Waals surface area (Å²) in [7, 11) is 0. The van der Waals surface area contributed by atoms with Crippen LogP contribution in [0.15, 0.2) is 30.5 Å². The molecule has 0 unspecified atom stereocenters. The Morgan fingerprint density at radius 2 is 1.63 bits per heavy atom. The zero-order valence-electron chi connectivity index (χ0n) is 12.9. The van der Waals surface area contributed by atoms with Gasteiger partial charge in [-0.25, -0.2) is 0 Å². The molecule has 2 aromatic rings. The molecular weight excluding hydrogens is 234 g/mol. The summed E-state index contributed by atoms with van der Waals surface area (Å²) in [5, 5.41) is 8.21. The number of aromatic nitrogens is 3. The summed E-state index contributed by atoms with van der Waals surface area (Å²) >= 11 is 0. The summed E-state index contributed by atoms with van der Waals surface area (Å²) < 4.78 is 1.84. The Bertz CT molecular complexity index is 489. The number of rotatable bonds is 2. The van der Waals surface area contributed by atoms with Gasteiger partial charge < -0.3 is 0 Å². The maximum absolute atomic E-state index is 4.16. The molecule has 0 aliphatic carbocycles. The van der Waals surface area contributed by atoms with Gasteiger partial charge in [0.1, 0.15) is 5.69 Å². The standard InChI is InChI=1S/C14H19N3.C2H6/c1-5-17-10-13(15-16-17)11-6-8-12(9-7-11)14(2,3)4;1-2/h6-10H,5H2,1-4H3;1-2H3. The third-order valence-corrected chi connectivity index (χ3v) is 2.91. The van der Waals surface area contributed by atoms with Crippen LogP contribution in [-0.4, -0.2) is 15.0 Å². The third kappa shape index (κ3) is 3.91. The quantitative estimate of drug-likeness (QED) is 0.805. The smallest absolute Gasteiger partial charge is 0.113 e. The van der Waals surface area contributed by atoms with E-state index in [2.05, 4.69) is 62.3 Å². The summed E-state index contributed by atoms with van der Waals surface area (Å²) in [5.41, 5.74) is 3.59. The van der Waals surface area contributed by atoms with Crippen LogP contribution in [0.3, 0.4) is 0 Å². The van der Waals surface area contributed by atoms with Crippen LogP contribution >= 0.6 is 0 Å². The fraction of sp³-hybridized carbons (Fsp3) is 0.500. The van der Waals surface area contributed by atoms with E-state index in [1.54, 1.807) is 0 Å². The van der Waals surface area contributed by atoms with E-state index in [-0.39, 0.29) is 5.41 Å². The first-order valence-corrected chi connectivity index (χ1v) is 7.02. The molecule has 0 radical (unpaired) electrons. The maximum Gasteiger partial charge on any atom is 0.113 e. The first kappa shape index (κ1) is 15.4. The molecule has 0 amide bonds. The Morgan fingerprint density at radius 1 is 1.05 bits per heavy atom. The highest BCUT2D eigenvalue weighted by Gasteiger charge is 2.13. The molecule has 0 aliphatic heterocycles.